The average molecular weight is 326 g/mol. The molecule has 2 aromatic rings. The summed E-state index contributed by atoms with van der Waals surface area (Å²) in [4.78, 5) is 0. The van der Waals surface area contributed by atoms with Crippen molar-refractivity contribution in [1.29, 1.82) is 0 Å². The van der Waals surface area contributed by atoms with Crippen molar-refractivity contribution < 1.29 is 17.9 Å². The maximum Gasteiger partial charge on any atom is 0.416 e. The van der Waals surface area contributed by atoms with Crippen LogP contribution in [0, 0.1) is 0 Å². The summed E-state index contributed by atoms with van der Waals surface area (Å²) in [6.07, 6.45) is -4.36. The van der Waals surface area contributed by atoms with E-state index in [1.165, 1.54) is 6.07 Å². The summed E-state index contributed by atoms with van der Waals surface area (Å²) in [7, 11) is 0. The van der Waals surface area contributed by atoms with Gasteiger partial charge in [0.1, 0.15) is 12.4 Å². The molecule has 2 aromatic carbocycles. The minimum absolute atomic E-state index is 0.0282. The van der Waals surface area contributed by atoms with Crippen LogP contribution in [0.4, 0.5) is 18.9 Å². The normalized spacial score (nSPS) is 11.0. The summed E-state index contributed by atoms with van der Waals surface area (Å²) < 4.78 is 43.4. The van der Waals surface area contributed by atoms with Gasteiger partial charge in [0, 0.05) is 11.8 Å². The highest BCUT2D eigenvalue weighted by molar-refractivity contribution is 7.80. The molecule has 0 bridgehead atoms. The summed E-state index contributed by atoms with van der Waals surface area (Å²) in [5.41, 5.74) is 5.75. The standard InChI is InChI=1S/C15H13F3N2OS/c16-15(17,18)11-4-1-3-10(7-11)9-21-13-6-2-5-12(8-13)20-14(19)22/h1-8H,9H2,(H3,19,20,22). The summed E-state index contributed by atoms with van der Waals surface area (Å²) >= 11 is 4.73. The zero-order valence-corrected chi connectivity index (χ0v) is 12.2. The molecule has 0 aromatic heterocycles. The van der Waals surface area contributed by atoms with Gasteiger partial charge >= 0.3 is 6.18 Å². The van der Waals surface area contributed by atoms with E-state index >= 15 is 0 Å². The van der Waals surface area contributed by atoms with Crippen molar-refractivity contribution in [3.8, 4) is 5.75 Å². The van der Waals surface area contributed by atoms with Crippen LogP contribution in [0.3, 0.4) is 0 Å². The van der Waals surface area contributed by atoms with Gasteiger partial charge in [0.05, 0.1) is 5.56 Å². The van der Waals surface area contributed by atoms with Crippen LogP contribution in [0.1, 0.15) is 11.1 Å². The molecule has 0 aliphatic heterocycles. The number of hydrogen-bond donors (Lipinski definition) is 2. The molecule has 0 amide bonds. The van der Waals surface area contributed by atoms with Gasteiger partial charge in [-0.2, -0.15) is 13.2 Å². The summed E-state index contributed by atoms with van der Waals surface area (Å²) in [6.45, 7) is 0.0282. The molecule has 7 heteroatoms. The second-order valence-corrected chi connectivity index (χ2v) is 4.94. The summed E-state index contributed by atoms with van der Waals surface area (Å²) in [5.74, 6) is 0.499. The second kappa shape index (κ2) is 6.65. The quantitative estimate of drug-likeness (QED) is 0.836. The Kier molecular flexibility index (Phi) is 4.87. The maximum absolute atomic E-state index is 12.6. The Balaban J connectivity index is 2.05. The van der Waals surface area contributed by atoms with Gasteiger partial charge in [-0.1, -0.05) is 18.2 Å². The van der Waals surface area contributed by atoms with Crippen LogP contribution in [-0.4, -0.2) is 5.11 Å². The Bertz CT molecular complexity index is 674. The summed E-state index contributed by atoms with van der Waals surface area (Å²) in [6, 6.07) is 11.8. The van der Waals surface area contributed by atoms with Gasteiger partial charge in [-0.05, 0) is 42.0 Å². The molecule has 0 aliphatic carbocycles. The fourth-order valence-electron chi connectivity index (χ4n) is 1.81. The van der Waals surface area contributed by atoms with E-state index in [1.54, 1.807) is 30.3 Å². The van der Waals surface area contributed by atoms with E-state index in [-0.39, 0.29) is 11.7 Å². The van der Waals surface area contributed by atoms with Crippen molar-refractivity contribution in [2.75, 3.05) is 5.32 Å². The fourth-order valence-corrected chi connectivity index (χ4v) is 1.93. The van der Waals surface area contributed by atoms with E-state index < -0.39 is 11.7 Å². The zero-order valence-electron chi connectivity index (χ0n) is 11.4. The number of rotatable bonds is 4. The van der Waals surface area contributed by atoms with E-state index in [9.17, 15) is 13.2 Å². The van der Waals surface area contributed by atoms with Gasteiger partial charge in [-0.25, -0.2) is 0 Å². The first kappa shape index (κ1) is 16.1. The number of benzene rings is 2. The minimum Gasteiger partial charge on any atom is -0.489 e. The Morgan fingerprint density at radius 2 is 1.86 bits per heavy atom. The van der Waals surface area contributed by atoms with Gasteiger partial charge in [-0.3, -0.25) is 0 Å². The van der Waals surface area contributed by atoms with Crippen LogP contribution in [-0.2, 0) is 12.8 Å². The number of nitrogens with one attached hydrogen (secondary N) is 1. The first-order valence-electron chi connectivity index (χ1n) is 6.30. The Hall–Kier alpha value is -2.28. The van der Waals surface area contributed by atoms with Gasteiger partial charge in [-0.15, -0.1) is 0 Å². The van der Waals surface area contributed by atoms with Crippen molar-refractivity contribution in [1.82, 2.24) is 0 Å². The number of anilines is 1. The van der Waals surface area contributed by atoms with Crippen LogP contribution in [0.15, 0.2) is 48.5 Å². The molecule has 0 aliphatic rings. The number of alkyl halides is 3. The highest BCUT2D eigenvalue weighted by Crippen LogP contribution is 2.29. The fraction of sp³-hybridized carbons (Fsp3) is 0.133. The van der Waals surface area contributed by atoms with Crippen molar-refractivity contribution in [3.05, 3.63) is 59.7 Å². The number of ether oxygens (including phenoxy) is 1. The van der Waals surface area contributed by atoms with Crippen LogP contribution in [0.25, 0.3) is 0 Å². The van der Waals surface area contributed by atoms with Crippen LogP contribution in [0.2, 0.25) is 0 Å². The first-order valence-corrected chi connectivity index (χ1v) is 6.71. The third-order valence-electron chi connectivity index (χ3n) is 2.76. The molecule has 0 saturated heterocycles. The minimum atomic E-state index is -4.36. The SMILES string of the molecule is NC(=S)Nc1cccc(OCc2cccc(C(F)(F)F)c2)c1. The molecule has 0 radical (unpaired) electrons. The summed E-state index contributed by atoms with van der Waals surface area (Å²) in [5, 5.41) is 2.87. The molecule has 3 N–H and O–H groups in total. The van der Waals surface area contributed by atoms with Crippen LogP contribution >= 0.6 is 12.2 Å². The molecule has 116 valence electrons. The highest BCUT2D eigenvalue weighted by atomic mass is 32.1. The second-order valence-electron chi connectivity index (χ2n) is 4.50. The van der Waals surface area contributed by atoms with E-state index in [2.05, 4.69) is 5.32 Å². The molecular formula is C15H13F3N2OS. The van der Waals surface area contributed by atoms with Crippen molar-refractivity contribution >= 4 is 23.0 Å². The van der Waals surface area contributed by atoms with Gasteiger partial charge in [0.15, 0.2) is 5.11 Å². The molecule has 0 spiro atoms. The Morgan fingerprint density at radius 1 is 1.14 bits per heavy atom. The molecule has 0 heterocycles. The lowest BCUT2D eigenvalue weighted by molar-refractivity contribution is -0.137. The lowest BCUT2D eigenvalue weighted by Crippen LogP contribution is -2.18. The topological polar surface area (TPSA) is 47.3 Å². The molecule has 0 saturated carbocycles. The maximum atomic E-state index is 12.6. The average Bonchev–Trinajstić information content (AvgIpc) is 2.44. The van der Waals surface area contributed by atoms with E-state index in [0.717, 1.165) is 12.1 Å². The lowest BCUT2D eigenvalue weighted by Gasteiger charge is -2.11. The number of nitrogens with two attached hydrogens (primary N) is 1. The highest BCUT2D eigenvalue weighted by Gasteiger charge is 2.30. The van der Waals surface area contributed by atoms with E-state index in [4.69, 9.17) is 22.7 Å². The Morgan fingerprint density at radius 3 is 2.55 bits per heavy atom. The number of thiocarbonyl (C=S) groups is 1. The smallest absolute Gasteiger partial charge is 0.416 e. The molecule has 22 heavy (non-hydrogen) atoms. The van der Waals surface area contributed by atoms with Crippen LogP contribution in [0.5, 0.6) is 5.75 Å². The molecule has 0 atom stereocenters. The van der Waals surface area contributed by atoms with Crippen LogP contribution < -0.4 is 15.8 Å². The predicted octanol–water partition coefficient (Wildman–Crippen LogP) is 3.94. The Labute approximate surface area is 130 Å². The predicted molar refractivity (Wildman–Crippen MR) is 82.6 cm³/mol. The van der Waals surface area contributed by atoms with Crippen molar-refractivity contribution in [2.45, 2.75) is 12.8 Å². The number of hydrogen-bond acceptors (Lipinski definition) is 2. The first-order chi connectivity index (χ1) is 10.3. The van der Waals surface area contributed by atoms with Gasteiger partial charge in [0.2, 0.25) is 0 Å². The third-order valence-corrected chi connectivity index (χ3v) is 2.86. The lowest BCUT2D eigenvalue weighted by atomic mass is 10.1. The number of halogens is 3. The molecular weight excluding hydrogens is 313 g/mol. The third kappa shape index (κ3) is 4.63. The molecule has 3 nitrogen and oxygen atoms in total. The molecule has 0 fully saturated rings. The van der Waals surface area contributed by atoms with E-state index in [0.29, 0.717) is 17.0 Å². The van der Waals surface area contributed by atoms with Crippen molar-refractivity contribution in [2.24, 2.45) is 5.73 Å². The van der Waals surface area contributed by atoms with Gasteiger partial charge < -0.3 is 15.8 Å². The zero-order chi connectivity index (χ0) is 16.2. The van der Waals surface area contributed by atoms with E-state index in [1.807, 2.05) is 0 Å². The van der Waals surface area contributed by atoms with Gasteiger partial charge in [0.25, 0.3) is 0 Å². The van der Waals surface area contributed by atoms with Crippen molar-refractivity contribution in [3.63, 3.8) is 0 Å². The molecule has 0 unspecified atom stereocenters. The largest absolute Gasteiger partial charge is 0.489 e. The monoisotopic (exact) mass is 326 g/mol. The molecule has 2 rings (SSSR count).